The molecule has 0 fully saturated rings. The Kier molecular flexibility index (Phi) is 4.27. The third-order valence-electron chi connectivity index (χ3n) is 1.91. The molecule has 0 heterocycles. The van der Waals surface area contributed by atoms with E-state index in [9.17, 15) is 9.18 Å². The lowest BCUT2D eigenvalue weighted by molar-refractivity contribution is 0.0950. The molecule has 0 aromatic heterocycles. The maximum Gasteiger partial charge on any atom is 0.254 e. The third-order valence-corrected chi connectivity index (χ3v) is 2.23. The first-order valence-corrected chi connectivity index (χ1v) is 5.60. The first kappa shape index (κ1) is 12.2. The molecule has 1 unspecified atom stereocenters. The molecule has 1 amide bonds. The Bertz CT molecular complexity index is 366. The molecule has 15 heavy (non-hydrogen) atoms. The van der Waals surface area contributed by atoms with Gasteiger partial charge in [0.1, 0.15) is 5.82 Å². The van der Waals surface area contributed by atoms with E-state index >= 15 is 0 Å². The summed E-state index contributed by atoms with van der Waals surface area (Å²) in [7, 11) is 0. The minimum absolute atomic E-state index is 0.100. The summed E-state index contributed by atoms with van der Waals surface area (Å²) in [4.78, 5) is 11.7. The number of benzene rings is 1. The first-order chi connectivity index (χ1) is 7.00. The van der Waals surface area contributed by atoms with Crippen molar-refractivity contribution >= 4 is 21.8 Å². The van der Waals surface area contributed by atoms with Gasteiger partial charge < -0.3 is 5.32 Å². The second kappa shape index (κ2) is 5.26. The highest BCUT2D eigenvalue weighted by molar-refractivity contribution is 9.09. The Labute approximate surface area is 97.0 Å². The summed E-state index contributed by atoms with van der Waals surface area (Å²) in [6.07, 6.45) is 0. The van der Waals surface area contributed by atoms with Gasteiger partial charge in [-0.3, -0.25) is 4.79 Å². The molecule has 1 N–H and O–H groups in total. The van der Waals surface area contributed by atoms with E-state index in [1.54, 1.807) is 12.1 Å². The molecule has 82 valence electrons. The number of halogens is 2. The van der Waals surface area contributed by atoms with Gasteiger partial charge in [-0.25, -0.2) is 4.39 Å². The number of aryl methyl sites for hydroxylation is 1. The Hall–Kier alpha value is -0.900. The molecule has 1 rings (SSSR count). The van der Waals surface area contributed by atoms with E-state index in [0.717, 1.165) is 5.56 Å². The van der Waals surface area contributed by atoms with Gasteiger partial charge >= 0.3 is 0 Å². The highest BCUT2D eigenvalue weighted by atomic mass is 79.9. The van der Waals surface area contributed by atoms with Crippen LogP contribution in [0.15, 0.2) is 18.2 Å². The van der Waals surface area contributed by atoms with Gasteiger partial charge in [-0.2, -0.15) is 0 Å². The van der Waals surface area contributed by atoms with Crippen molar-refractivity contribution in [2.45, 2.75) is 18.7 Å². The van der Waals surface area contributed by atoms with Crippen LogP contribution in [-0.2, 0) is 0 Å². The minimum atomic E-state index is -0.486. The minimum Gasteiger partial charge on any atom is -0.351 e. The summed E-state index contributed by atoms with van der Waals surface area (Å²) in [5.41, 5.74) is 0.969. The quantitative estimate of drug-likeness (QED) is 0.843. The Morgan fingerprint density at radius 2 is 2.27 bits per heavy atom. The van der Waals surface area contributed by atoms with Gasteiger partial charge in [0.25, 0.3) is 5.91 Å². The highest BCUT2D eigenvalue weighted by Crippen LogP contribution is 2.09. The molecular formula is C11H13BrFNO. The molecule has 1 aromatic rings. The molecule has 1 atom stereocenters. The average Bonchev–Trinajstić information content (AvgIpc) is 2.18. The van der Waals surface area contributed by atoms with Crippen molar-refractivity contribution in [3.05, 3.63) is 35.1 Å². The van der Waals surface area contributed by atoms with Gasteiger partial charge in [-0.15, -0.1) is 0 Å². The Morgan fingerprint density at radius 3 is 2.87 bits per heavy atom. The summed E-state index contributed by atoms with van der Waals surface area (Å²) < 4.78 is 13.3. The molecule has 0 bridgehead atoms. The summed E-state index contributed by atoms with van der Waals surface area (Å²) >= 11 is 3.30. The molecule has 4 heteroatoms. The van der Waals surface area contributed by atoms with Crippen LogP contribution in [0, 0.1) is 12.7 Å². The van der Waals surface area contributed by atoms with Gasteiger partial charge in [0.15, 0.2) is 0 Å². The summed E-state index contributed by atoms with van der Waals surface area (Å²) in [5.74, 6) is -0.858. The molecule has 0 aliphatic rings. The predicted octanol–water partition coefficient (Wildman–Crippen LogP) is 2.65. The van der Waals surface area contributed by atoms with Crippen LogP contribution in [0.5, 0.6) is 0 Å². The van der Waals surface area contributed by atoms with Crippen molar-refractivity contribution in [2.24, 2.45) is 0 Å². The molecule has 0 spiro atoms. The fourth-order valence-corrected chi connectivity index (χ4v) is 1.30. The zero-order valence-electron chi connectivity index (χ0n) is 8.68. The van der Waals surface area contributed by atoms with Gasteiger partial charge in [-0.1, -0.05) is 34.5 Å². The Balaban J connectivity index is 2.77. The third kappa shape index (κ3) is 3.63. The summed E-state index contributed by atoms with van der Waals surface area (Å²) in [5, 5.41) is 2.64. The van der Waals surface area contributed by atoms with Gasteiger partial charge in [0.05, 0.1) is 5.56 Å². The van der Waals surface area contributed by atoms with Crippen molar-refractivity contribution in [3.8, 4) is 0 Å². The maximum absolute atomic E-state index is 13.3. The number of hydrogen-bond acceptors (Lipinski definition) is 1. The second-order valence-electron chi connectivity index (χ2n) is 3.47. The molecule has 0 aliphatic heterocycles. The topological polar surface area (TPSA) is 29.1 Å². The predicted molar refractivity (Wildman–Crippen MR) is 61.9 cm³/mol. The number of nitrogens with one attached hydrogen (secondary N) is 1. The normalized spacial score (nSPS) is 12.3. The number of carbonyl (C=O) groups is 1. The zero-order valence-corrected chi connectivity index (χ0v) is 10.3. The van der Waals surface area contributed by atoms with Crippen LogP contribution < -0.4 is 5.32 Å². The fraction of sp³-hybridized carbons (Fsp3) is 0.364. The van der Waals surface area contributed by atoms with Crippen LogP contribution in [0.3, 0.4) is 0 Å². The van der Waals surface area contributed by atoms with Crippen molar-refractivity contribution in [1.29, 1.82) is 0 Å². The van der Waals surface area contributed by atoms with E-state index in [1.807, 2.05) is 13.8 Å². The van der Waals surface area contributed by atoms with Gasteiger partial charge in [0, 0.05) is 11.4 Å². The van der Waals surface area contributed by atoms with E-state index in [1.165, 1.54) is 6.07 Å². The lowest BCUT2D eigenvalue weighted by Gasteiger charge is -2.07. The standard InChI is InChI=1S/C11H13BrFNO/c1-7-3-4-10(13)9(5-7)11(15)14-6-8(2)12/h3-5,8H,6H2,1-2H3,(H,14,15). The van der Waals surface area contributed by atoms with E-state index in [2.05, 4.69) is 21.2 Å². The first-order valence-electron chi connectivity index (χ1n) is 4.69. The van der Waals surface area contributed by atoms with E-state index in [0.29, 0.717) is 6.54 Å². The van der Waals surface area contributed by atoms with Crippen LogP contribution >= 0.6 is 15.9 Å². The van der Waals surface area contributed by atoms with Crippen LogP contribution in [0.4, 0.5) is 4.39 Å². The molecular weight excluding hydrogens is 261 g/mol. The fourth-order valence-electron chi connectivity index (χ4n) is 1.14. The number of rotatable bonds is 3. The smallest absolute Gasteiger partial charge is 0.254 e. The van der Waals surface area contributed by atoms with Crippen LogP contribution in [0.25, 0.3) is 0 Å². The molecule has 0 saturated carbocycles. The molecule has 0 radical (unpaired) electrons. The molecule has 2 nitrogen and oxygen atoms in total. The van der Waals surface area contributed by atoms with E-state index < -0.39 is 5.82 Å². The van der Waals surface area contributed by atoms with Crippen molar-refractivity contribution < 1.29 is 9.18 Å². The van der Waals surface area contributed by atoms with E-state index in [-0.39, 0.29) is 16.3 Å². The number of hydrogen-bond donors (Lipinski definition) is 1. The van der Waals surface area contributed by atoms with Crippen LogP contribution in [-0.4, -0.2) is 17.3 Å². The van der Waals surface area contributed by atoms with Crippen LogP contribution in [0.2, 0.25) is 0 Å². The van der Waals surface area contributed by atoms with Crippen LogP contribution in [0.1, 0.15) is 22.8 Å². The highest BCUT2D eigenvalue weighted by Gasteiger charge is 2.11. The lowest BCUT2D eigenvalue weighted by Crippen LogP contribution is -2.29. The molecule has 1 aromatic carbocycles. The maximum atomic E-state index is 13.3. The number of alkyl halides is 1. The van der Waals surface area contributed by atoms with Crippen molar-refractivity contribution in [3.63, 3.8) is 0 Å². The monoisotopic (exact) mass is 273 g/mol. The van der Waals surface area contributed by atoms with Gasteiger partial charge in [-0.05, 0) is 19.1 Å². The number of amides is 1. The SMILES string of the molecule is Cc1ccc(F)c(C(=O)NCC(C)Br)c1. The lowest BCUT2D eigenvalue weighted by atomic mass is 10.1. The largest absolute Gasteiger partial charge is 0.351 e. The molecule has 0 saturated heterocycles. The summed E-state index contributed by atoms with van der Waals surface area (Å²) in [6.45, 7) is 4.21. The Morgan fingerprint density at radius 1 is 1.60 bits per heavy atom. The zero-order chi connectivity index (χ0) is 11.4. The summed E-state index contributed by atoms with van der Waals surface area (Å²) in [6, 6.07) is 4.49. The second-order valence-corrected chi connectivity index (χ2v) is 5.04. The van der Waals surface area contributed by atoms with Gasteiger partial charge in [0.2, 0.25) is 0 Å². The molecule has 0 aliphatic carbocycles. The number of carbonyl (C=O) groups excluding carboxylic acids is 1. The average molecular weight is 274 g/mol. The van der Waals surface area contributed by atoms with E-state index in [4.69, 9.17) is 0 Å². The van der Waals surface area contributed by atoms with Crippen molar-refractivity contribution in [1.82, 2.24) is 5.32 Å². The van der Waals surface area contributed by atoms with Crippen molar-refractivity contribution in [2.75, 3.05) is 6.54 Å².